The van der Waals surface area contributed by atoms with E-state index in [0.29, 0.717) is 16.8 Å². The van der Waals surface area contributed by atoms with Gasteiger partial charge in [-0.2, -0.15) is 0 Å². The number of carbonyl (C=O) groups is 3. The molecule has 0 saturated heterocycles. The third-order valence-electron chi connectivity index (χ3n) is 8.41. The van der Waals surface area contributed by atoms with Gasteiger partial charge < -0.3 is 14.0 Å². The first-order valence-corrected chi connectivity index (χ1v) is 16.6. The van der Waals surface area contributed by atoms with Gasteiger partial charge in [0.2, 0.25) is 5.78 Å². The summed E-state index contributed by atoms with van der Waals surface area (Å²) in [5.74, 6) is -0.546. The summed E-state index contributed by atoms with van der Waals surface area (Å²) in [7, 11) is 1.33. The molecule has 2 atom stereocenters. The Balaban J connectivity index is 1.77. The molecular weight excluding hydrogens is 550 g/mol. The Morgan fingerprint density at radius 2 is 1.43 bits per heavy atom. The van der Waals surface area contributed by atoms with Gasteiger partial charge in [-0.25, -0.2) is 0 Å². The molecular formula is C37H53N3O4. The number of pyridine rings is 1. The van der Waals surface area contributed by atoms with E-state index >= 15 is 0 Å². The van der Waals surface area contributed by atoms with E-state index in [-0.39, 0.29) is 11.6 Å². The topological polar surface area (TPSA) is 80.1 Å². The first kappa shape index (κ1) is 35.2. The smallest absolute Gasteiger partial charge is 0.322 e. The van der Waals surface area contributed by atoms with Crippen molar-refractivity contribution in [2.75, 3.05) is 26.7 Å². The molecule has 1 N–H and O–H groups in total. The van der Waals surface area contributed by atoms with Crippen molar-refractivity contribution >= 4 is 23.1 Å². The lowest BCUT2D eigenvalue weighted by Crippen LogP contribution is -2.44. The molecule has 0 aliphatic rings. The Labute approximate surface area is 264 Å². The van der Waals surface area contributed by atoms with E-state index in [1.54, 1.807) is 19.9 Å². The molecule has 7 nitrogen and oxygen atoms in total. The number of benzene rings is 1. The summed E-state index contributed by atoms with van der Waals surface area (Å²) >= 11 is 0. The van der Waals surface area contributed by atoms with Gasteiger partial charge in [0.15, 0.2) is 5.78 Å². The van der Waals surface area contributed by atoms with Gasteiger partial charge in [0.25, 0.3) is 0 Å². The highest BCUT2D eigenvalue weighted by atomic mass is 16.5. The van der Waals surface area contributed by atoms with Crippen molar-refractivity contribution in [1.82, 2.24) is 14.6 Å². The summed E-state index contributed by atoms with van der Waals surface area (Å²) in [5, 5.41) is 3.01. The molecule has 0 fully saturated rings. The molecule has 1 aromatic carbocycles. The summed E-state index contributed by atoms with van der Waals surface area (Å²) in [6.45, 7) is 13.5. The molecule has 0 amide bonds. The van der Waals surface area contributed by atoms with Crippen molar-refractivity contribution in [3.05, 3.63) is 76.6 Å². The second kappa shape index (κ2) is 17.9. The third-order valence-corrected chi connectivity index (χ3v) is 8.41. The average Bonchev–Trinajstić information content (AvgIpc) is 3.41. The summed E-state index contributed by atoms with van der Waals surface area (Å²) in [6, 6.07) is 12.6. The van der Waals surface area contributed by atoms with Gasteiger partial charge in [0, 0.05) is 22.8 Å². The minimum Gasteiger partial charge on any atom is -0.468 e. The molecule has 2 heterocycles. The number of ether oxygens (including phenoxy) is 1. The Morgan fingerprint density at radius 1 is 0.795 bits per heavy atom. The van der Waals surface area contributed by atoms with Crippen molar-refractivity contribution in [3.63, 3.8) is 0 Å². The van der Waals surface area contributed by atoms with Crippen LogP contribution in [-0.2, 0) is 22.4 Å². The van der Waals surface area contributed by atoms with E-state index < -0.39 is 18.1 Å². The molecule has 0 aliphatic heterocycles. The summed E-state index contributed by atoms with van der Waals surface area (Å²) in [6.07, 6.45) is 11.7. The van der Waals surface area contributed by atoms with E-state index in [0.717, 1.165) is 49.7 Å². The maximum absolute atomic E-state index is 13.9. The Kier molecular flexibility index (Phi) is 14.3. The molecule has 2 aromatic heterocycles. The summed E-state index contributed by atoms with van der Waals surface area (Å²) < 4.78 is 6.68. The van der Waals surface area contributed by atoms with Crippen LogP contribution in [0.15, 0.2) is 48.7 Å². The number of methoxy groups -OCH3 is 1. The molecule has 240 valence electrons. The third kappa shape index (κ3) is 9.60. The molecule has 0 aliphatic carbocycles. The zero-order valence-electron chi connectivity index (χ0n) is 27.8. The van der Waals surface area contributed by atoms with Gasteiger partial charge in [0.05, 0.1) is 18.8 Å². The van der Waals surface area contributed by atoms with Crippen LogP contribution >= 0.6 is 0 Å². The zero-order chi connectivity index (χ0) is 32.1. The predicted molar refractivity (Wildman–Crippen MR) is 179 cm³/mol. The standard InChI is InChI=1S/C37H53N3O4/c1-7-10-15-31-25-33-26-32(35(41)27(4)38-28(5)37(43)44-6)20-24-40(33)34(31)36(42)30-18-16-29(17-19-30)14-13-23-39(21-11-8-2)22-12-9-3/h16-20,24-28,38H,7-15,21-23H2,1-6H3. The lowest BCUT2D eigenvalue weighted by molar-refractivity contribution is -0.142. The Hall–Kier alpha value is -3.29. The fourth-order valence-corrected chi connectivity index (χ4v) is 5.71. The van der Waals surface area contributed by atoms with Crippen LogP contribution in [0.4, 0.5) is 0 Å². The summed E-state index contributed by atoms with van der Waals surface area (Å²) in [4.78, 5) is 41.5. The van der Waals surface area contributed by atoms with Gasteiger partial charge in [-0.15, -0.1) is 0 Å². The highest BCUT2D eigenvalue weighted by molar-refractivity contribution is 6.10. The van der Waals surface area contributed by atoms with E-state index in [2.05, 4.69) is 43.1 Å². The largest absolute Gasteiger partial charge is 0.468 e. The Morgan fingerprint density at radius 3 is 2.05 bits per heavy atom. The van der Waals surface area contributed by atoms with Crippen molar-refractivity contribution < 1.29 is 19.1 Å². The first-order valence-electron chi connectivity index (χ1n) is 16.6. The van der Waals surface area contributed by atoms with E-state index in [4.69, 9.17) is 4.74 Å². The first-order chi connectivity index (χ1) is 21.2. The van der Waals surface area contributed by atoms with Gasteiger partial charge >= 0.3 is 5.97 Å². The number of nitrogens with zero attached hydrogens (tertiary/aromatic N) is 2. The van der Waals surface area contributed by atoms with Crippen LogP contribution in [0.3, 0.4) is 0 Å². The highest BCUT2D eigenvalue weighted by Crippen LogP contribution is 2.24. The number of hydrogen-bond acceptors (Lipinski definition) is 6. The van der Waals surface area contributed by atoms with E-state index in [1.165, 1.54) is 51.4 Å². The van der Waals surface area contributed by atoms with Crippen molar-refractivity contribution in [2.45, 2.75) is 104 Å². The van der Waals surface area contributed by atoms with Gasteiger partial charge in [-0.3, -0.25) is 19.7 Å². The van der Waals surface area contributed by atoms with Crippen LogP contribution in [0, 0.1) is 0 Å². The van der Waals surface area contributed by atoms with Gasteiger partial charge in [-0.05, 0) is 101 Å². The number of nitrogens with one attached hydrogen (secondary N) is 1. The van der Waals surface area contributed by atoms with E-state index in [1.807, 2.05) is 34.9 Å². The SMILES string of the molecule is CCCCc1cc2cc(C(=O)C(C)NC(C)C(=O)OC)ccn2c1C(=O)c1ccc(CCCN(CCCC)CCCC)cc1. The quantitative estimate of drug-likeness (QED) is 0.110. The van der Waals surface area contributed by atoms with Gasteiger partial charge in [-0.1, -0.05) is 64.3 Å². The number of hydrogen-bond donors (Lipinski definition) is 1. The molecule has 3 aromatic rings. The Bertz CT molecular complexity index is 1350. The molecule has 44 heavy (non-hydrogen) atoms. The lowest BCUT2D eigenvalue weighted by Gasteiger charge is -2.21. The molecule has 0 saturated carbocycles. The second-order valence-corrected chi connectivity index (χ2v) is 12.0. The van der Waals surface area contributed by atoms with Gasteiger partial charge in [0.1, 0.15) is 6.04 Å². The number of carbonyl (C=O) groups excluding carboxylic acids is 3. The number of aromatic nitrogens is 1. The average molecular weight is 604 g/mol. The highest BCUT2D eigenvalue weighted by Gasteiger charge is 2.23. The minimum absolute atomic E-state index is 0.00558. The lowest BCUT2D eigenvalue weighted by atomic mass is 10.00. The van der Waals surface area contributed by atoms with Crippen LogP contribution in [0.5, 0.6) is 0 Å². The number of fused-ring (bicyclic) bond motifs is 1. The monoisotopic (exact) mass is 603 g/mol. The number of unbranched alkanes of at least 4 members (excludes halogenated alkanes) is 3. The normalized spacial score (nSPS) is 12.9. The molecule has 0 radical (unpaired) electrons. The van der Waals surface area contributed by atoms with Crippen LogP contribution in [0.2, 0.25) is 0 Å². The number of esters is 1. The zero-order valence-corrected chi connectivity index (χ0v) is 27.8. The van der Waals surface area contributed by atoms with Crippen LogP contribution in [0.25, 0.3) is 5.52 Å². The van der Waals surface area contributed by atoms with Crippen molar-refractivity contribution in [2.24, 2.45) is 0 Å². The van der Waals surface area contributed by atoms with Crippen molar-refractivity contribution in [1.29, 1.82) is 0 Å². The minimum atomic E-state index is -0.599. The number of ketones is 2. The fourth-order valence-electron chi connectivity index (χ4n) is 5.71. The van der Waals surface area contributed by atoms with Crippen LogP contribution in [0.1, 0.15) is 117 Å². The molecule has 2 unspecified atom stereocenters. The number of Topliss-reactive ketones (excluding diaryl/α,β-unsaturated/α-hetero) is 1. The molecule has 0 spiro atoms. The molecule has 0 bridgehead atoms. The van der Waals surface area contributed by atoms with Crippen LogP contribution < -0.4 is 5.32 Å². The number of rotatable bonds is 20. The summed E-state index contributed by atoms with van der Waals surface area (Å²) in [5.41, 5.74) is 4.93. The van der Waals surface area contributed by atoms with E-state index in [9.17, 15) is 14.4 Å². The maximum Gasteiger partial charge on any atom is 0.322 e. The second-order valence-electron chi connectivity index (χ2n) is 12.0. The number of aryl methyl sites for hydroxylation is 2. The molecule has 3 rings (SSSR count). The van der Waals surface area contributed by atoms with Crippen molar-refractivity contribution in [3.8, 4) is 0 Å². The molecule has 7 heteroatoms. The maximum atomic E-state index is 13.9. The fraction of sp³-hybridized carbons (Fsp3) is 0.541. The van der Waals surface area contributed by atoms with Crippen LogP contribution in [-0.4, -0.2) is 65.7 Å². The predicted octanol–water partition coefficient (Wildman–Crippen LogP) is 7.07.